The van der Waals surface area contributed by atoms with E-state index in [-0.39, 0.29) is 0 Å². The molecule has 4 heteroatoms. The van der Waals surface area contributed by atoms with Crippen molar-refractivity contribution in [2.45, 2.75) is 33.2 Å². The molecule has 0 atom stereocenters. The fourth-order valence-corrected chi connectivity index (χ4v) is 2.80. The van der Waals surface area contributed by atoms with Crippen molar-refractivity contribution in [1.29, 1.82) is 0 Å². The Bertz CT molecular complexity index is 564. The molecular weight excluding hydrogens is 236 g/mol. The van der Waals surface area contributed by atoms with E-state index in [1.165, 1.54) is 12.8 Å². The number of nitrogen functional groups attached to an aromatic ring is 1. The highest BCUT2D eigenvalue weighted by Gasteiger charge is 2.26. The average Bonchev–Trinajstić information content (AvgIpc) is 2.70. The maximum absolute atomic E-state index is 6.05. The van der Waals surface area contributed by atoms with Gasteiger partial charge in [-0.3, -0.25) is 4.98 Å². The highest BCUT2D eigenvalue weighted by molar-refractivity contribution is 5.61. The van der Waals surface area contributed by atoms with Gasteiger partial charge in [-0.2, -0.15) is 5.10 Å². The molecule has 0 aliphatic heterocycles. The number of anilines is 1. The molecule has 1 aliphatic rings. The van der Waals surface area contributed by atoms with Crippen LogP contribution in [-0.2, 0) is 6.54 Å². The van der Waals surface area contributed by atoms with Crippen LogP contribution in [0.5, 0.6) is 0 Å². The van der Waals surface area contributed by atoms with Crippen LogP contribution in [0, 0.1) is 18.8 Å². The van der Waals surface area contributed by atoms with E-state index in [1.54, 1.807) is 0 Å². The summed E-state index contributed by atoms with van der Waals surface area (Å²) in [6, 6.07) is 5.98. The first-order valence-corrected chi connectivity index (χ1v) is 6.88. The van der Waals surface area contributed by atoms with Crippen LogP contribution >= 0.6 is 0 Å². The summed E-state index contributed by atoms with van der Waals surface area (Å²) in [5.74, 6) is 2.35. The number of rotatable bonds is 3. The van der Waals surface area contributed by atoms with Gasteiger partial charge in [-0.05, 0) is 43.7 Å². The number of hydrogen-bond donors (Lipinski definition) is 1. The van der Waals surface area contributed by atoms with Crippen LogP contribution in [-0.4, -0.2) is 14.8 Å². The van der Waals surface area contributed by atoms with E-state index in [9.17, 15) is 0 Å². The molecule has 2 N–H and O–H groups in total. The van der Waals surface area contributed by atoms with E-state index in [4.69, 9.17) is 5.73 Å². The van der Waals surface area contributed by atoms with Gasteiger partial charge >= 0.3 is 0 Å². The van der Waals surface area contributed by atoms with Gasteiger partial charge in [0.25, 0.3) is 0 Å². The summed E-state index contributed by atoms with van der Waals surface area (Å²) in [5, 5.41) is 4.61. The zero-order chi connectivity index (χ0) is 13.4. The SMILES string of the molecule is Cc1ccc(-c2cc(N)n(CC3CC(C)C3)n2)cn1. The molecule has 1 fully saturated rings. The summed E-state index contributed by atoms with van der Waals surface area (Å²) >= 11 is 0. The smallest absolute Gasteiger partial charge is 0.122 e. The maximum Gasteiger partial charge on any atom is 0.122 e. The quantitative estimate of drug-likeness (QED) is 0.918. The molecule has 2 heterocycles. The van der Waals surface area contributed by atoms with Crippen LogP contribution in [0.2, 0.25) is 0 Å². The summed E-state index contributed by atoms with van der Waals surface area (Å²) in [6.07, 6.45) is 4.44. The molecule has 0 unspecified atom stereocenters. The summed E-state index contributed by atoms with van der Waals surface area (Å²) in [6.45, 7) is 5.22. The zero-order valence-corrected chi connectivity index (χ0v) is 11.5. The number of nitrogens with two attached hydrogens (primary N) is 1. The molecule has 0 bridgehead atoms. The fourth-order valence-electron chi connectivity index (χ4n) is 2.80. The largest absolute Gasteiger partial charge is 0.384 e. The number of pyridine rings is 1. The zero-order valence-electron chi connectivity index (χ0n) is 11.5. The van der Waals surface area contributed by atoms with Crippen molar-refractivity contribution >= 4 is 5.82 Å². The van der Waals surface area contributed by atoms with Crippen molar-refractivity contribution in [2.24, 2.45) is 11.8 Å². The molecule has 0 spiro atoms. The van der Waals surface area contributed by atoms with Crippen molar-refractivity contribution in [2.75, 3.05) is 5.73 Å². The molecule has 2 aromatic heterocycles. The fraction of sp³-hybridized carbons (Fsp3) is 0.467. The molecule has 1 saturated carbocycles. The van der Waals surface area contributed by atoms with E-state index in [0.29, 0.717) is 0 Å². The lowest BCUT2D eigenvalue weighted by Crippen LogP contribution is -2.26. The second kappa shape index (κ2) is 4.68. The van der Waals surface area contributed by atoms with E-state index in [0.717, 1.165) is 41.1 Å². The third-order valence-corrected chi connectivity index (χ3v) is 3.92. The minimum atomic E-state index is 0.737. The van der Waals surface area contributed by atoms with Gasteiger partial charge in [0.15, 0.2) is 0 Å². The predicted molar refractivity (Wildman–Crippen MR) is 76.5 cm³/mol. The van der Waals surface area contributed by atoms with Crippen LogP contribution in [0.3, 0.4) is 0 Å². The lowest BCUT2D eigenvalue weighted by molar-refractivity contribution is 0.183. The first-order chi connectivity index (χ1) is 9.11. The standard InChI is InChI=1S/C15H20N4/c1-10-5-12(6-10)9-19-15(16)7-14(18-19)13-4-3-11(2)17-8-13/h3-4,7-8,10,12H,5-6,9,16H2,1-2H3. The molecule has 19 heavy (non-hydrogen) atoms. The van der Waals surface area contributed by atoms with Gasteiger partial charge in [0.1, 0.15) is 5.82 Å². The monoisotopic (exact) mass is 256 g/mol. The molecule has 1 aliphatic carbocycles. The Kier molecular flexibility index (Phi) is 3.01. The first-order valence-electron chi connectivity index (χ1n) is 6.88. The lowest BCUT2D eigenvalue weighted by atomic mass is 9.76. The molecule has 2 aromatic rings. The highest BCUT2D eigenvalue weighted by atomic mass is 15.3. The Morgan fingerprint density at radius 1 is 1.37 bits per heavy atom. The van der Waals surface area contributed by atoms with Gasteiger partial charge in [-0.15, -0.1) is 0 Å². The van der Waals surface area contributed by atoms with Crippen molar-refractivity contribution < 1.29 is 0 Å². The Labute approximate surface area is 113 Å². The summed E-state index contributed by atoms with van der Waals surface area (Å²) < 4.78 is 1.94. The van der Waals surface area contributed by atoms with Crippen molar-refractivity contribution in [3.63, 3.8) is 0 Å². The van der Waals surface area contributed by atoms with Gasteiger partial charge < -0.3 is 5.73 Å². The minimum absolute atomic E-state index is 0.737. The van der Waals surface area contributed by atoms with Gasteiger partial charge in [-0.1, -0.05) is 6.92 Å². The first kappa shape index (κ1) is 12.2. The molecule has 0 saturated heterocycles. The summed E-state index contributed by atoms with van der Waals surface area (Å²) in [4.78, 5) is 4.30. The maximum atomic E-state index is 6.05. The van der Waals surface area contributed by atoms with E-state index in [1.807, 2.05) is 36.0 Å². The number of aryl methyl sites for hydroxylation is 1. The molecule has 100 valence electrons. The average molecular weight is 256 g/mol. The van der Waals surface area contributed by atoms with Crippen LogP contribution < -0.4 is 5.73 Å². The second-order valence-electron chi connectivity index (χ2n) is 5.77. The van der Waals surface area contributed by atoms with Crippen molar-refractivity contribution in [1.82, 2.24) is 14.8 Å². The molecule has 0 aromatic carbocycles. The lowest BCUT2D eigenvalue weighted by Gasteiger charge is -2.32. The summed E-state index contributed by atoms with van der Waals surface area (Å²) in [5.41, 5.74) is 9.00. The van der Waals surface area contributed by atoms with Crippen LogP contribution in [0.25, 0.3) is 11.3 Å². The van der Waals surface area contributed by atoms with Gasteiger partial charge in [0.05, 0.1) is 5.69 Å². The van der Waals surface area contributed by atoms with Crippen LogP contribution in [0.1, 0.15) is 25.5 Å². The number of hydrogen-bond acceptors (Lipinski definition) is 3. The molecular formula is C15H20N4. The molecule has 0 radical (unpaired) electrons. The van der Waals surface area contributed by atoms with Crippen LogP contribution in [0.15, 0.2) is 24.4 Å². The third-order valence-electron chi connectivity index (χ3n) is 3.92. The number of nitrogens with zero attached hydrogens (tertiary/aromatic N) is 3. The Morgan fingerprint density at radius 2 is 2.16 bits per heavy atom. The van der Waals surface area contributed by atoms with E-state index < -0.39 is 0 Å². The molecule has 4 nitrogen and oxygen atoms in total. The molecule has 3 rings (SSSR count). The van der Waals surface area contributed by atoms with Crippen molar-refractivity contribution in [3.8, 4) is 11.3 Å². The normalized spacial score (nSPS) is 22.2. The highest BCUT2D eigenvalue weighted by Crippen LogP contribution is 2.34. The summed E-state index contributed by atoms with van der Waals surface area (Å²) in [7, 11) is 0. The Balaban J connectivity index is 1.78. The third kappa shape index (κ3) is 2.48. The Morgan fingerprint density at radius 3 is 2.79 bits per heavy atom. The number of aromatic nitrogens is 3. The predicted octanol–water partition coefficient (Wildman–Crippen LogP) is 2.88. The Hall–Kier alpha value is -1.84. The van der Waals surface area contributed by atoms with E-state index >= 15 is 0 Å². The topological polar surface area (TPSA) is 56.7 Å². The molecule has 0 amide bonds. The van der Waals surface area contributed by atoms with Crippen molar-refractivity contribution in [3.05, 3.63) is 30.1 Å². The second-order valence-corrected chi connectivity index (χ2v) is 5.77. The van der Waals surface area contributed by atoms with E-state index in [2.05, 4.69) is 17.0 Å². The van der Waals surface area contributed by atoms with Gasteiger partial charge in [0, 0.05) is 30.1 Å². The van der Waals surface area contributed by atoms with Crippen LogP contribution in [0.4, 0.5) is 5.82 Å². The van der Waals surface area contributed by atoms with Gasteiger partial charge in [-0.25, -0.2) is 4.68 Å². The van der Waals surface area contributed by atoms with Gasteiger partial charge in [0.2, 0.25) is 0 Å². The minimum Gasteiger partial charge on any atom is -0.384 e.